The number of unbranched alkanes of at least 4 members (excludes halogenated alkanes) is 1. The third kappa shape index (κ3) is 5.55. The number of aromatic hydroxyl groups is 1. The van der Waals surface area contributed by atoms with Crippen LogP contribution in [0.15, 0.2) is 36.9 Å². The van der Waals surface area contributed by atoms with Crippen molar-refractivity contribution in [2.45, 2.75) is 18.9 Å². The third-order valence-electron chi connectivity index (χ3n) is 2.65. The summed E-state index contributed by atoms with van der Waals surface area (Å²) in [4.78, 5) is 10.9. The van der Waals surface area contributed by atoms with Crippen LogP contribution in [-0.2, 0) is 9.53 Å². The molecule has 0 saturated carbocycles. The fraction of sp³-hybridized carbons (Fsp3) is 0.333. The van der Waals surface area contributed by atoms with Crippen molar-refractivity contribution in [1.82, 2.24) is 5.32 Å². The highest BCUT2D eigenvalue weighted by Crippen LogP contribution is 2.19. The van der Waals surface area contributed by atoms with Crippen LogP contribution in [0.5, 0.6) is 5.75 Å². The number of carbonyl (C=O) groups excluding carboxylic acids is 1. The molecule has 0 radical (unpaired) electrons. The summed E-state index contributed by atoms with van der Waals surface area (Å²) >= 11 is 0. The summed E-state index contributed by atoms with van der Waals surface area (Å²) in [7, 11) is 0. The van der Waals surface area contributed by atoms with E-state index in [0.29, 0.717) is 18.7 Å². The number of rotatable bonds is 8. The Morgan fingerprint density at radius 1 is 1.45 bits per heavy atom. The van der Waals surface area contributed by atoms with Crippen molar-refractivity contribution in [2.75, 3.05) is 13.2 Å². The zero-order valence-electron chi connectivity index (χ0n) is 11.2. The van der Waals surface area contributed by atoms with Gasteiger partial charge in [-0.3, -0.25) is 4.79 Å². The van der Waals surface area contributed by atoms with Gasteiger partial charge in [-0.1, -0.05) is 18.7 Å². The van der Waals surface area contributed by atoms with E-state index in [9.17, 15) is 9.90 Å². The van der Waals surface area contributed by atoms with Gasteiger partial charge in [-0.25, -0.2) is 0 Å². The zero-order chi connectivity index (χ0) is 14.8. The summed E-state index contributed by atoms with van der Waals surface area (Å²) in [6.45, 7) is 4.35. The molecule has 0 aliphatic rings. The molecule has 1 unspecified atom stereocenters. The van der Waals surface area contributed by atoms with Gasteiger partial charge in [-0.15, -0.1) is 0 Å². The van der Waals surface area contributed by atoms with Crippen molar-refractivity contribution in [3.05, 3.63) is 42.5 Å². The number of amides is 1. The minimum absolute atomic E-state index is 0.156. The summed E-state index contributed by atoms with van der Waals surface area (Å²) in [5.74, 6) is -0.0340. The fourth-order valence-corrected chi connectivity index (χ4v) is 1.57. The molecule has 0 spiro atoms. The number of nitrogens with zero attached hydrogens (tertiary/aromatic N) is 1. The molecule has 1 amide bonds. The molecule has 106 valence electrons. The average molecular weight is 274 g/mol. The van der Waals surface area contributed by atoms with Gasteiger partial charge in [0.2, 0.25) is 5.91 Å². The molecule has 0 aliphatic heterocycles. The second kappa shape index (κ2) is 8.73. The second-order valence-corrected chi connectivity index (χ2v) is 4.17. The van der Waals surface area contributed by atoms with Crippen molar-refractivity contribution in [2.24, 2.45) is 0 Å². The molecule has 0 aliphatic carbocycles. The van der Waals surface area contributed by atoms with Gasteiger partial charge in [0.15, 0.2) is 6.10 Å². The first-order valence-corrected chi connectivity index (χ1v) is 6.37. The van der Waals surface area contributed by atoms with Crippen LogP contribution in [-0.4, -0.2) is 24.2 Å². The van der Waals surface area contributed by atoms with Crippen LogP contribution in [0.1, 0.15) is 24.5 Å². The molecular formula is C15H18N2O3. The summed E-state index contributed by atoms with van der Waals surface area (Å²) < 4.78 is 5.47. The smallest absolute Gasteiger partial charge is 0.243 e. The Bertz CT molecular complexity index is 477. The molecule has 0 heterocycles. The van der Waals surface area contributed by atoms with Gasteiger partial charge in [-0.05, 0) is 36.6 Å². The lowest BCUT2D eigenvalue weighted by Crippen LogP contribution is -2.22. The van der Waals surface area contributed by atoms with E-state index in [2.05, 4.69) is 18.0 Å². The molecule has 0 saturated heterocycles. The van der Waals surface area contributed by atoms with E-state index in [4.69, 9.17) is 10.00 Å². The van der Waals surface area contributed by atoms with Gasteiger partial charge in [0.25, 0.3) is 0 Å². The number of nitriles is 1. The minimum atomic E-state index is -0.640. The summed E-state index contributed by atoms with van der Waals surface area (Å²) in [5, 5.41) is 20.9. The molecule has 5 nitrogen and oxygen atoms in total. The maximum atomic E-state index is 10.9. The van der Waals surface area contributed by atoms with Gasteiger partial charge in [0, 0.05) is 13.2 Å². The minimum Gasteiger partial charge on any atom is -0.508 e. The first-order valence-electron chi connectivity index (χ1n) is 6.37. The number of hydrogen-bond donors (Lipinski definition) is 2. The lowest BCUT2D eigenvalue weighted by Gasteiger charge is -2.11. The largest absolute Gasteiger partial charge is 0.508 e. The fourth-order valence-electron chi connectivity index (χ4n) is 1.57. The van der Waals surface area contributed by atoms with Gasteiger partial charge < -0.3 is 15.2 Å². The molecule has 2 N–H and O–H groups in total. The van der Waals surface area contributed by atoms with E-state index in [1.54, 1.807) is 12.1 Å². The van der Waals surface area contributed by atoms with E-state index in [1.807, 2.05) is 0 Å². The quantitative estimate of drug-likeness (QED) is 0.561. The van der Waals surface area contributed by atoms with Crippen LogP contribution in [0, 0.1) is 11.3 Å². The SMILES string of the molecule is C=CC(=O)NCCCCOC(C#N)c1ccc(O)cc1. The molecule has 0 aromatic heterocycles. The van der Waals surface area contributed by atoms with E-state index >= 15 is 0 Å². The number of benzene rings is 1. The van der Waals surface area contributed by atoms with Crippen LogP contribution in [0.2, 0.25) is 0 Å². The second-order valence-electron chi connectivity index (χ2n) is 4.17. The lowest BCUT2D eigenvalue weighted by molar-refractivity contribution is -0.116. The van der Waals surface area contributed by atoms with E-state index in [0.717, 1.165) is 12.8 Å². The zero-order valence-corrected chi connectivity index (χ0v) is 11.2. The predicted octanol–water partition coefficient (Wildman–Crippen LogP) is 2.06. The van der Waals surface area contributed by atoms with Crippen molar-refractivity contribution < 1.29 is 14.6 Å². The Balaban J connectivity index is 2.25. The standard InChI is InChI=1S/C15H18N2O3/c1-2-15(19)17-9-3-4-10-20-14(11-16)12-5-7-13(18)8-6-12/h2,5-8,14,18H,1,3-4,9-10H2,(H,17,19). The molecule has 1 aromatic carbocycles. The first-order chi connectivity index (χ1) is 9.67. The molecule has 5 heteroatoms. The number of phenolic OH excluding ortho intramolecular Hbond substituents is 1. The van der Waals surface area contributed by atoms with Crippen LogP contribution < -0.4 is 5.32 Å². The summed E-state index contributed by atoms with van der Waals surface area (Å²) in [5.41, 5.74) is 0.713. The van der Waals surface area contributed by atoms with Crippen molar-refractivity contribution in [3.8, 4) is 11.8 Å². The van der Waals surface area contributed by atoms with E-state index < -0.39 is 6.10 Å². The summed E-state index contributed by atoms with van der Waals surface area (Å²) in [6.07, 6.45) is 2.10. The Morgan fingerprint density at radius 3 is 2.75 bits per heavy atom. The number of ether oxygens (including phenoxy) is 1. The molecule has 1 rings (SSSR count). The Kier molecular flexibility index (Phi) is 6.87. The molecule has 0 bridgehead atoms. The van der Waals surface area contributed by atoms with Gasteiger partial charge in [-0.2, -0.15) is 5.26 Å². The molecule has 1 atom stereocenters. The topological polar surface area (TPSA) is 82.3 Å². The van der Waals surface area contributed by atoms with Gasteiger partial charge in [0.05, 0.1) is 6.07 Å². The number of carbonyl (C=O) groups is 1. The first kappa shape index (κ1) is 15.7. The number of hydrogen-bond acceptors (Lipinski definition) is 4. The number of phenols is 1. The molecule has 20 heavy (non-hydrogen) atoms. The molecular weight excluding hydrogens is 256 g/mol. The van der Waals surface area contributed by atoms with Crippen LogP contribution in [0.25, 0.3) is 0 Å². The highest BCUT2D eigenvalue weighted by molar-refractivity contribution is 5.86. The average Bonchev–Trinajstić information content (AvgIpc) is 2.47. The molecule has 0 fully saturated rings. The van der Waals surface area contributed by atoms with Crippen molar-refractivity contribution in [3.63, 3.8) is 0 Å². The van der Waals surface area contributed by atoms with E-state index in [-0.39, 0.29) is 11.7 Å². The Morgan fingerprint density at radius 2 is 2.15 bits per heavy atom. The maximum Gasteiger partial charge on any atom is 0.243 e. The third-order valence-corrected chi connectivity index (χ3v) is 2.65. The monoisotopic (exact) mass is 274 g/mol. The van der Waals surface area contributed by atoms with Crippen molar-refractivity contribution >= 4 is 5.91 Å². The van der Waals surface area contributed by atoms with Crippen LogP contribution in [0.3, 0.4) is 0 Å². The van der Waals surface area contributed by atoms with Gasteiger partial charge in [0.1, 0.15) is 5.75 Å². The maximum absolute atomic E-state index is 10.9. The van der Waals surface area contributed by atoms with Crippen LogP contribution in [0.4, 0.5) is 0 Å². The highest BCUT2D eigenvalue weighted by atomic mass is 16.5. The van der Waals surface area contributed by atoms with Crippen molar-refractivity contribution in [1.29, 1.82) is 5.26 Å². The Hall–Kier alpha value is -2.32. The lowest BCUT2D eigenvalue weighted by atomic mass is 10.1. The van der Waals surface area contributed by atoms with Crippen LogP contribution >= 0.6 is 0 Å². The van der Waals surface area contributed by atoms with Gasteiger partial charge >= 0.3 is 0 Å². The number of nitrogens with one attached hydrogen (secondary N) is 1. The summed E-state index contributed by atoms with van der Waals surface area (Å²) in [6, 6.07) is 8.43. The highest BCUT2D eigenvalue weighted by Gasteiger charge is 2.10. The molecule has 1 aromatic rings. The predicted molar refractivity (Wildman–Crippen MR) is 74.9 cm³/mol. The Labute approximate surface area is 118 Å². The normalized spacial score (nSPS) is 11.3. The van der Waals surface area contributed by atoms with E-state index in [1.165, 1.54) is 18.2 Å².